The molecule has 2 N–H and O–H groups in total. The Hall–Kier alpha value is -1.65. The molecule has 0 radical (unpaired) electrons. The van der Waals surface area contributed by atoms with Crippen LogP contribution in [0.2, 0.25) is 0 Å². The van der Waals surface area contributed by atoms with Crippen molar-refractivity contribution in [1.82, 2.24) is 15.3 Å². The molecule has 100 valence electrons. The van der Waals surface area contributed by atoms with E-state index in [4.69, 9.17) is 0 Å². The van der Waals surface area contributed by atoms with E-state index in [2.05, 4.69) is 27.5 Å². The van der Waals surface area contributed by atoms with Gasteiger partial charge in [-0.05, 0) is 20.3 Å². The number of unbranched alkanes of at least 4 members (excludes halogenated alkanes) is 1. The Bertz CT molecular complexity index is 364. The Kier molecular flexibility index (Phi) is 6.11. The van der Waals surface area contributed by atoms with Crippen molar-refractivity contribution in [3.05, 3.63) is 18.1 Å². The van der Waals surface area contributed by atoms with Gasteiger partial charge in [0.25, 0.3) is 5.91 Å². The third-order valence-electron chi connectivity index (χ3n) is 2.61. The van der Waals surface area contributed by atoms with Crippen LogP contribution < -0.4 is 10.6 Å². The van der Waals surface area contributed by atoms with Crippen LogP contribution >= 0.6 is 0 Å². The SMILES string of the molecule is CCCCC(C)NC(=O)c1cnc(NCC)cn1. The fraction of sp³-hybridized carbons (Fsp3) is 0.615. The minimum Gasteiger partial charge on any atom is -0.369 e. The largest absolute Gasteiger partial charge is 0.369 e. The quantitative estimate of drug-likeness (QED) is 0.778. The lowest BCUT2D eigenvalue weighted by atomic mass is 10.1. The predicted molar refractivity (Wildman–Crippen MR) is 72.6 cm³/mol. The second kappa shape index (κ2) is 7.63. The Morgan fingerprint density at radius 1 is 1.33 bits per heavy atom. The molecule has 1 unspecified atom stereocenters. The fourth-order valence-electron chi connectivity index (χ4n) is 1.60. The summed E-state index contributed by atoms with van der Waals surface area (Å²) in [6.45, 7) is 6.92. The van der Waals surface area contributed by atoms with E-state index < -0.39 is 0 Å². The van der Waals surface area contributed by atoms with Crippen LogP contribution in [0.5, 0.6) is 0 Å². The molecule has 1 aromatic rings. The van der Waals surface area contributed by atoms with Crippen LogP contribution in [0.25, 0.3) is 0 Å². The first-order chi connectivity index (χ1) is 8.67. The third kappa shape index (κ3) is 4.69. The van der Waals surface area contributed by atoms with Gasteiger partial charge in [0.2, 0.25) is 0 Å². The number of nitrogens with one attached hydrogen (secondary N) is 2. The number of hydrogen-bond acceptors (Lipinski definition) is 4. The van der Waals surface area contributed by atoms with Gasteiger partial charge in [0, 0.05) is 12.6 Å². The highest BCUT2D eigenvalue weighted by Gasteiger charge is 2.11. The molecule has 1 amide bonds. The molecule has 18 heavy (non-hydrogen) atoms. The zero-order valence-electron chi connectivity index (χ0n) is 11.4. The molecule has 1 aromatic heterocycles. The summed E-state index contributed by atoms with van der Waals surface area (Å²) < 4.78 is 0. The van der Waals surface area contributed by atoms with Crippen LogP contribution in [0.1, 0.15) is 50.5 Å². The number of carbonyl (C=O) groups excluding carboxylic acids is 1. The highest BCUT2D eigenvalue weighted by molar-refractivity contribution is 5.92. The van der Waals surface area contributed by atoms with Crippen molar-refractivity contribution >= 4 is 11.7 Å². The predicted octanol–water partition coefficient (Wildman–Crippen LogP) is 2.22. The lowest BCUT2D eigenvalue weighted by Crippen LogP contribution is -2.33. The summed E-state index contributed by atoms with van der Waals surface area (Å²) in [5, 5.41) is 5.96. The third-order valence-corrected chi connectivity index (χ3v) is 2.61. The van der Waals surface area contributed by atoms with Crippen molar-refractivity contribution in [2.45, 2.75) is 46.1 Å². The van der Waals surface area contributed by atoms with Gasteiger partial charge in [0.05, 0.1) is 12.4 Å². The first-order valence-electron chi connectivity index (χ1n) is 6.54. The monoisotopic (exact) mass is 250 g/mol. The van der Waals surface area contributed by atoms with Crippen LogP contribution in [0.15, 0.2) is 12.4 Å². The first-order valence-corrected chi connectivity index (χ1v) is 6.54. The molecule has 0 bridgehead atoms. The highest BCUT2D eigenvalue weighted by Crippen LogP contribution is 2.03. The van der Waals surface area contributed by atoms with Crippen LogP contribution in [0, 0.1) is 0 Å². The molecule has 0 saturated heterocycles. The number of nitrogens with zero attached hydrogens (tertiary/aromatic N) is 2. The van der Waals surface area contributed by atoms with Crippen molar-refractivity contribution in [2.75, 3.05) is 11.9 Å². The van der Waals surface area contributed by atoms with Gasteiger partial charge in [-0.3, -0.25) is 4.79 Å². The van der Waals surface area contributed by atoms with Crippen molar-refractivity contribution in [1.29, 1.82) is 0 Å². The van der Waals surface area contributed by atoms with Gasteiger partial charge < -0.3 is 10.6 Å². The fourth-order valence-corrected chi connectivity index (χ4v) is 1.60. The maximum absolute atomic E-state index is 11.9. The van der Waals surface area contributed by atoms with Crippen LogP contribution in [0.3, 0.4) is 0 Å². The van der Waals surface area contributed by atoms with Crippen LogP contribution in [-0.4, -0.2) is 28.5 Å². The van der Waals surface area contributed by atoms with Gasteiger partial charge in [-0.15, -0.1) is 0 Å². The molecule has 0 saturated carbocycles. The van der Waals surface area contributed by atoms with E-state index in [9.17, 15) is 4.79 Å². The zero-order valence-corrected chi connectivity index (χ0v) is 11.4. The summed E-state index contributed by atoms with van der Waals surface area (Å²) in [7, 11) is 0. The van der Waals surface area contributed by atoms with E-state index in [1.165, 1.54) is 6.20 Å². The summed E-state index contributed by atoms with van der Waals surface area (Å²) in [4.78, 5) is 20.1. The molecule has 0 aliphatic rings. The Labute approximate surface area is 108 Å². The van der Waals surface area contributed by atoms with Gasteiger partial charge in [0.1, 0.15) is 11.5 Å². The van der Waals surface area contributed by atoms with Gasteiger partial charge in [-0.25, -0.2) is 9.97 Å². The van der Waals surface area contributed by atoms with Gasteiger partial charge in [-0.1, -0.05) is 19.8 Å². The van der Waals surface area contributed by atoms with E-state index >= 15 is 0 Å². The normalized spacial score (nSPS) is 11.9. The standard InChI is InChI=1S/C13H22N4O/c1-4-6-7-10(3)17-13(18)11-8-16-12(9-15-11)14-5-2/h8-10H,4-7H2,1-3H3,(H,14,16)(H,17,18). The molecule has 0 spiro atoms. The molecule has 0 aliphatic carbocycles. The second-order valence-corrected chi connectivity index (χ2v) is 4.33. The molecule has 1 heterocycles. The summed E-state index contributed by atoms with van der Waals surface area (Å²) in [5.74, 6) is 0.530. The van der Waals surface area contributed by atoms with E-state index in [0.29, 0.717) is 11.5 Å². The topological polar surface area (TPSA) is 66.9 Å². The molecule has 5 heteroatoms. The molecular weight excluding hydrogens is 228 g/mol. The first kappa shape index (κ1) is 14.4. The summed E-state index contributed by atoms with van der Waals surface area (Å²) in [6, 6.07) is 0.174. The van der Waals surface area contributed by atoms with Gasteiger partial charge in [-0.2, -0.15) is 0 Å². The van der Waals surface area contributed by atoms with E-state index in [1.807, 2.05) is 13.8 Å². The van der Waals surface area contributed by atoms with E-state index in [1.54, 1.807) is 6.20 Å². The number of carbonyl (C=O) groups is 1. The van der Waals surface area contributed by atoms with Gasteiger partial charge in [0.15, 0.2) is 0 Å². The minimum absolute atomic E-state index is 0.158. The lowest BCUT2D eigenvalue weighted by Gasteiger charge is -2.12. The summed E-state index contributed by atoms with van der Waals surface area (Å²) in [6.07, 6.45) is 6.32. The summed E-state index contributed by atoms with van der Waals surface area (Å²) >= 11 is 0. The lowest BCUT2D eigenvalue weighted by molar-refractivity contribution is 0.0932. The molecule has 0 fully saturated rings. The van der Waals surface area contributed by atoms with E-state index in [0.717, 1.165) is 25.8 Å². The van der Waals surface area contributed by atoms with Crippen molar-refractivity contribution in [2.24, 2.45) is 0 Å². The van der Waals surface area contributed by atoms with E-state index in [-0.39, 0.29) is 11.9 Å². The van der Waals surface area contributed by atoms with Crippen molar-refractivity contribution in [3.8, 4) is 0 Å². The molecule has 0 aliphatic heterocycles. The minimum atomic E-state index is -0.158. The number of amides is 1. The number of aromatic nitrogens is 2. The Morgan fingerprint density at radius 2 is 2.11 bits per heavy atom. The summed E-state index contributed by atoms with van der Waals surface area (Å²) in [5.41, 5.74) is 0.361. The molecule has 1 atom stereocenters. The van der Waals surface area contributed by atoms with Crippen molar-refractivity contribution in [3.63, 3.8) is 0 Å². The molecular formula is C13H22N4O. The maximum atomic E-state index is 11.9. The van der Waals surface area contributed by atoms with Crippen LogP contribution in [0.4, 0.5) is 5.82 Å². The van der Waals surface area contributed by atoms with Crippen molar-refractivity contribution < 1.29 is 4.79 Å². The molecule has 1 rings (SSSR count). The molecule has 5 nitrogen and oxygen atoms in total. The smallest absolute Gasteiger partial charge is 0.271 e. The Balaban J connectivity index is 2.50. The molecule has 0 aromatic carbocycles. The highest BCUT2D eigenvalue weighted by atomic mass is 16.1. The number of rotatable bonds is 7. The average Bonchev–Trinajstić information content (AvgIpc) is 2.37. The Morgan fingerprint density at radius 3 is 2.67 bits per heavy atom. The average molecular weight is 250 g/mol. The number of anilines is 1. The van der Waals surface area contributed by atoms with Gasteiger partial charge >= 0.3 is 0 Å². The maximum Gasteiger partial charge on any atom is 0.271 e. The zero-order chi connectivity index (χ0) is 13.4. The number of hydrogen-bond donors (Lipinski definition) is 2. The van der Waals surface area contributed by atoms with Crippen LogP contribution in [-0.2, 0) is 0 Å². The second-order valence-electron chi connectivity index (χ2n) is 4.33.